The SMILES string of the molecule is O=C(Nc1ccccc1F)N1CCCO1. The van der Waals surface area contributed by atoms with Gasteiger partial charge in [-0.15, -0.1) is 0 Å². The summed E-state index contributed by atoms with van der Waals surface area (Å²) in [6, 6.07) is 5.59. The molecule has 1 aromatic rings. The molecule has 1 aromatic carbocycles. The first-order valence-electron chi connectivity index (χ1n) is 4.73. The zero-order valence-electron chi connectivity index (χ0n) is 8.07. The molecule has 2 rings (SSSR count). The molecule has 15 heavy (non-hydrogen) atoms. The third-order valence-corrected chi connectivity index (χ3v) is 2.09. The molecule has 5 heteroatoms. The van der Waals surface area contributed by atoms with E-state index in [9.17, 15) is 9.18 Å². The minimum Gasteiger partial charge on any atom is -0.303 e. The number of para-hydroxylation sites is 1. The number of hydrogen-bond donors (Lipinski definition) is 1. The molecule has 1 aliphatic rings. The van der Waals surface area contributed by atoms with Gasteiger partial charge in [0.2, 0.25) is 0 Å². The van der Waals surface area contributed by atoms with E-state index in [4.69, 9.17) is 4.84 Å². The molecule has 1 N–H and O–H groups in total. The van der Waals surface area contributed by atoms with Crippen LogP contribution in [0.25, 0.3) is 0 Å². The van der Waals surface area contributed by atoms with Crippen molar-refractivity contribution in [1.29, 1.82) is 0 Å². The van der Waals surface area contributed by atoms with E-state index in [1.54, 1.807) is 12.1 Å². The smallest absolute Gasteiger partial charge is 0.303 e. The molecule has 1 fully saturated rings. The number of nitrogens with one attached hydrogen (secondary N) is 1. The largest absolute Gasteiger partial charge is 0.345 e. The second kappa shape index (κ2) is 4.27. The van der Waals surface area contributed by atoms with Crippen molar-refractivity contribution in [3.8, 4) is 0 Å². The molecular formula is C10H11FN2O2. The number of hydroxylamine groups is 2. The average molecular weight is 210 g/mol. The van der Waals surface area contributed by atoms with Crippen LogP contribution in [0.3, 0.4) is 0 Å². The topological polar surface area (TPSA) is 41.6 Å². The number of benzene rings is 1. The fourth-order valence-corrected chi connectivity index (χ4v) is 1.35. The Labute approximate surface area is 86.6 Å². The average Bonchev–Trinajstić information content (AvgIpc) is 2.74. The maximum Gasteiger partial charge on any atom is 0.345 e. The maximum absolute atomic E-state index is 13.2. The van der Waals surface area contributed by atoms with Crippen LogP contribution in [0.4, 0.5) is 14.9 Å². The van der Waals surface area contributed by atoms with Crippen LogP contribution < -0.4 is 5.32 Å². The maximum atomic E-state index is 13.2. The lowest BCUT2D eigenvalue weighted by Crippen LogP contribution is -2.31. The summed E-state index contributed by atoms with van der Waals surface area (Å²) in [5, 5.41) is 3.64. The van der Waals surface area contributed by atoms with Gasteiger partial charge < -0.3 is 5.32 Å². The molecular weight excluding hydrogens is 199 g/mol. The lowest BCUT2D eigenvalue weighted by Gasteiger charge is -2.14. The summed E-state index contributed by atoms with van der Waals surface area (Å²) in [6.45, 7) is 1.07. The minimum atomic E-state index is -0.454. The summed E-state index contributed by atoms with van der Waals surface area (Å²) in [5.41, 5.74) is 0.165. The van der Waals surface area contributed by atoms with Crippen molar-refractivity contribution in [2.24, 2.45) is 0 Å². The van der Waals surface area contributed by atoms with E-state index < -0.39 is 11.8 Å². The molecule has 0 atom stereocenters. The highest BCUT2D eigenvalue weighted by molar-refractivity contribution is 5.88. The second-order valence-corrected chi connectivity index (χ2v) is 3.20. The molecule has 1 heterocycles. The van der Waals surface area contributed by atoms with Gasteiger partial charge >= 0.3 is 6.03 Å². The first kappa shape index (κ1) is 9.92. The van der Waals surface area contributed by atoms with Crippen molar-refractivity contribution in [2.45, 2.75) is 6.42 Å². The molecule has 1 aliphatic heterocycles. The first-order valence-corrected chi connectivity index (χ1v) is 4.73. The second-order valence-electron chi connectivity index (χ2n) is 3.20. The number of nitrogens with zero attached hydrogens (tertiary/aromatic N) is 1. The molecule has 4 nitrogen and oxygen atoms in total. The Hall–Kier alpha value is -1.62. The Morgan fingerprint density at radius 1 is 1.47 bits per heavy atom. The minimum absolute atomic E-state index is 0.165. The highest BCUT2D eigenvalue weighted by atomic mass is 19.1. The van der Waals surface area contributed by atoms with E-state index in [1.807, 2.05) is 0 Å². The van der Waals surface area contributed by atoms with E-state index in [0.717, 1.165) is 6.42 Å². The molecule has 0 radical (unpaired) electrons. The van der Waals surface area contributed by atoms with Crippen LogP contribution in [0.15, 0.2) is 24.3 Å². The predicted molar refractivity (Wildman–Crippen MR) is 52.7 cm³/mol. The van der Waals surface area contributed by atoms with E-state index >= 15 is 0 Å². The number of halogens is 1. The van der Waals surface area contributed by atoms with Crippen molar-refractivity contribution in [1.82, 2.24) is 5.06 Å². The van der Waals surface area contributed by atoms with Crippen LogP contribution in [0, 0.1) is 5.82 Å². The highest BCUT2D eigenvalue weighted by Gasteiger charge is 2.19. The van der Waals surface area contributed by atoms with Crippen LogP contribution in [-0.4, -0.2) is 24.2 Å². The van der Waals surface area contributed by atoms with Gasteiger partial charge in [0.05, 0.1) is 18.8 Å². The fraction of sp³-hybridized carbons (Fsp3) is 0.300. The normalized spacial score (nSPS) is 15.4. The van der Waals surface area contributed by atoms with Crippen molar-refractivity contribution < 1.29 is 14.0 Å². The number of amides is 2. The third kappa shape index (κ3) is 2.24. The molecule has 1 saturated heterocycles. The Kier molecular flexibility index (Phi) is 2.82. The van der Waals surface area contributed by atoms with E-state index in [2.05, 4.69) is 5.32 Å². The summed E-state index contributed by atoms with van der Waals surface area (Å²) in [6.07, 6.45) is 0.810. The Morgan fingerprint density at radius 3 is 2.93 bits per heavy atom. The van der Waals surface area contributed by atoms with Gasteiger partial charge in [-0.2, -0.15) is 0 Å². The Morgan fingerprint density at radius 2 is 2.27 bits per heavy atom. The molecule has 0 saturated carbocycles. The number of rotatable bonds is 1. The van der Waals surface area contributed by atoms with E-state index in [1.165, 1.54) is 17.2 Å². The summed E-state index contributed by atoms with van der Waals surface area (Å²) in [4.78, 5) is 16.5. The molecule has 0 unspecified atom stereocenters. The predicted octanol–water partition coefficient (Wildman–Crippen LogP) is 1.99. The monoisotopic (exact) mass is 210 g/mol. The van der Waals surface area contributed by atoms with Gasteiger partial charge in [0.15, 0.2) is 0 Å². The van der Waals surface area contributed by atoms with E-state index in [-0.39, 0.29) is 5.69 Å². The zero-order chi connectivity index (χ0) is 10.7. The van der Waals surface area contributed by atoms with Crippen LogP contribution in [0.5, 0.6) is 0 Å². The number of carbonyl (C=O) groups is 1. The number of carbonyl (C=O) groups excluding carboxylic acids is 1. The van der Waals surface area contributed by atoms with Crippen molar-refractivity contribution in [2.75, 3.05) is 18.5 Å². The fourth-order valence-electron chi connectivity index (χ4n) is 1.35. The molecule has 0 aliphatic carbocycles. The van der Waals surface area contributed by atoms with Gasteiger partial charge in [-0.1, -0.05) is 12.1 Å². The van der Waals surface area contributed by atoms with Crippen LogP contribution in [0.2, 0.25) is 0 Å². The van der Waals surface area contributed by atoms with Crippen molar-refractivity contribution in [3.63, 3.8) is 0 Å². The summed E-state index contributed by atoms with van der Waals surface area (Å²) < 4.78 is 13.2. The molecule has 2 amide bonds. The summed E-state index contributed by atoms with van der Waals surface area (Å²) >= 11 is 0. The first-order chi connectivity index (χ1) is 7.27. The van der Waals surface area contributed by atoms with Gasteiger partial charge in [0, 0.05) is 0 Å². The number of urea groups is 1. The summed E-state index contributed by atoms with van der Waals surface area (Å²) in [5.74, 6) is -0.454. The Bertz CT molecular complexity index is 364. The van der Waals surface area contributed by atoms with Crippen molar-refractivity contribution in [3.05, 3.63) is 30.1 Å². The third-order valence-electron chi connectivity index (χ3n) is 2.09. The quantitative estimate of drug-likeness (QED) is 0.770. The van der Waals surface area contributed by atoms with Gasteiger partial charge in [0.1, 0.15) is 5.82 Å². The zero-order valence-corrected chi connectivity index (χ0v) is 8.07. The van der Waals surface area contributed by atoms with Gasteiger partial charge in [-0.25, -0.2) is 14.2 Å². The molecule has 0 spiro atoms. The highest BCUT2D eigenvalue weighted by Crippen LogP contribution is 2.14. The van der Waals surface area contributed by atoms with E-state index in [0.29, 0.717) is 13.2 Å². The molecule has 0 aromatic heterocycles. The van der Waals surface area contributed by atoms with Crippen LogP contribution >= 0.6 is 0 Å². The van der Waals surface area contributed by atoms with Gasteiger partial charge in [0.25, 0.3) is 0 Å². The van der Waals surface area contributed by atoms with Gasteiger partial charge in [-0.05, 0) is 18.6 Å². The standard InChI is InChI=1S/C10H11FN2O2/c11-8-4-1-2-5-9(8)12-10(14)13-6-3-7-15-13/h1-2,4-5H,3,6-7H2,(H,12,14). The van der Waals surface area contributed by atoms with Crippen molar-refractivity contribution >= 4 is 11.7 Å². The summed E-state index contributed by atoms with van der Waals surface area (Å²) in [7, 11) is 0. The number of anilines is 1. The van der Waals surface area contributed by atoms with Crippen LogP contribution in [0.1, 0.15) is 6.42 Å². The van der Waals surface area contributed by atoms with Crippen LogP contribution in [-0.2, 0) is 4.84 Å². The molecule has 80 valence electrons. The lowest BCUT2D eigenvalue weighted by molar-refractivity contribution is -0.0614. The number of hydrogen-bond acceptors (Lipinski definition) is 2. The molecule has 0 bridgehead atoms. The lowest BCUT2D eigenvalue weighted by atomic mass is 10.3. The van der Waals surface area contributed by atoms with Gasteiger partial charge in [-0.3, -0.25) is 4.84 Å². The Balaban J connectivity index is 2.02.